The van der Waals surface area contributed by atoms with Gasteiger partial charge in [0, 0.05) is 37.4 Å². The zero-order valence-electron chi connectivity index (χ0n) is 9.24. The van der Waals surface area contributed by atoms with Gasteiger partial charge in [0.2, 0.25) is 0 Å². The van der Waals surface area contributed by atoms with Gasteiger partial charge >= 0.3 is 5.63 Å². The van der Waals surface area contributed by atoms with Crippen LogP contribution in [0.15, 0.2) is 33.5 Å². The van der Waals surface area contributed by atoms with Crippen LogP contribution in [0.2, 0.25) is 0 Å². The van der Waals surface area contributed by atoms with Gasteiger partial charge in [0.05, 0.1) is 6.61 Å². The Hall–Kier alpha value is -1.81. The van der Waals surface area contributed by atoms with Gasteiger partial charge in [-0.2, -0.15) is 0 Å². The molecule has 0 radical (unpaired) electrons. The lowest BCUT2D eigenvalue weighted by molar-refractivity contribution is 0.185. The molecule has 2 aromatic rings. The van der Waals surface area contributed by atoms with Crippen molar-refractivity contribution in [3.8, 4) is 0 Å². The van der Waals surface area contributed by atoms with Crippen LogP contribution in [0, 0.1) is 0 Å². The molecule has 1 aromatic carbocycles. The fourth-order valence-corrected chi connectivity index (χ4v) is 1.66. The zero-order valence-corrected chi connectivity index (χ0v) is 9.24. The Morgan fingerprint density at radius 2 is 2.19 bits per heavy atom. The van der Waals surface area contributed by atoms with Gasteiger partial charge in [-0.15, -0.1) is 0 Å². The van der Waals surface area contributed by atoms with Crippen LogP contribution in [0.3, 0.4) is 0 Å². The monoisotopic (exact) mass is 219 g/mol. The van der Waals surface area contributed by atoms with E-state index in [1.54, 1.807) is 13.2 Å². The maximum atomic E-state index is 11.3. The third-order valence-electron chi connectivity index (χ3n) is 2.42. The van der Waals surface area contributed by atoms with Crippen molar-refractivity contribution in [2.45, 2.75) is 6.61 Å². The highest BCUT2D eigenvalue weighted by Crippen LogP contribution is 2.21. The Morgan fingerprint density at radius 3 is 2.88 bits per heavy atom. The number of fused-ring (bicyclic) bond motifs is 1. The van der Waals surface area contributed by atoms with E-state index in [1.807, 2.05) is 19.2 Å². The van der Waals surface area contributed by atoms with E-state index in [0.717, 1.165) is 16.6 Å². The molecule has 1 N–H and O–H groups in total. The van der Waals surface area contributed by atoms with Crippen molar-refractivity contribution < 1.29 is 9.15 Å². The van der Waals surface area contributed by atoms with E-state index in [0.29, 0.717) is 12.2 Å². The third-order valence-corrected chi connectivity index (χ3v) is 2.42. The number of methoxy groups -OCH3 is 1. The summed E-state index contributed by atoms with van der Waals surface area (Å²) >= 11 is 0. The average molecular weight is 219 g/mol. The van der Waals surface area contributed by atoms with Crippen molar-refractivity contribution in [1.29, 1.82) is 0 Å². The summed E-state index contributed by atoms with van der Waals surface area (Å²) in [5.74, 6) is 0. The first-order valence-electron chi connectivity index (χ1n) is 4.98. The van der Waals surface area contributed by atoms with Crippen LogP contribution < -0.4 is 10.9 Å². The topological polar surface area (TPSA) is 51.5 Å². The van der Waals surface area contributed by atoms with Crippen molar-refractivity contribution in [3.63, 3.8) is 0 Å². The fraction of sp³-hybridized carbons (Fsp3) is 0.250. The first-order chi connectivity index (χ1) is 7.74. The van der Waals surface area contributed by atoms with Gasteiger partial charge in [-0.25, -0.2) is 4.79 Å². The molecule has 4 heteroatoms. The predicted molar refractivity (Wildman–Crippen MR) is 62.7 cm³/mol. The number of rotatable bonds is 3. The molecular formula is C12H13NO3. The smallest absolute Gasteiger partial charge is 0.336 e. The lowest BCUT2D eigenvalue weighted by Crippen LogP contribution is -2.02. The minimum Gasteiger partial charge on any atom is -0.423 e. The van der Waals surface area contributed by atoms with E-state index in [1.165, 1.54) is 6.07 Å². The first-order valence-corrected chi connectivity index (χ1v) is 4.98. The number of hydrogen-bond donors (Lipinski definition) is 1. The lowest BCUT2D eigenvalue weighted by Gasteiger charge is -2.05. The van der Waals surface area contributed by atoms with E-state index >= 15 is 0 Å². The van der Waals surface area contributed by atoms with Crippen molar-refractivity contribution >= 4 is 16.7 Å². The summed E-state index contributed by atoms with van der Waals surface area (Å²) in [6, 6.07) is 7.11. The standard InChI is InChI=1S/C12H13NO3/c1-13-9-3-4-10-8(7-15-2)5-12(14)16-11(10)6-9/h3-6,13H,7H2,1-2H3. The molecule has 0 unspecified atom stereocenters. The van der Waals surface area contributed by atoms with Gasteiger partial charge < -0.3 is 14.5 Å². The number of hydrogen-bond acceptors (Lipinski definition) is 4. The van der Waals surface area contributed by atoms with Crippen LogP contribution in [-0.4, -0.2) is 14.2 Å². The summed E-state index contributed by atoms with van der Waals surface area (Å²) in [5, 5.41) is 3.90. The lowest BCUT2D eigenvalue weighted by atomic mass is 10.1. The molecule has 0 spiro atoms. The van der Waals surface area contributed by atoms with Crippen molar-refractivity contribution in [2.75, 3.05) is 19.5 Å². The summed E-state index contributed by atoms with van der Waals surface area (Å²) < 4.78 is 10.2. The molecule has 0 amide bonds. The SMILES string of the molecule is CNc1ccc2c(COC)cc(=O)oc2c1. The van der Waals surface area contributed by atoms with Crippen molar-refractivity contribution in [1.82, 2.24) is 0 Å². The highest BCUT2D eigenvalue weighted by Gasteiger charge is 2.05. The van der Waals surface area contributed by atoms with Crippen LogP contribution in [0.25, 0.3) is 11.0 Å². The molecule has 84 valence electrons. The maximum Gasteiger partial charge on any atom is 0.336 e. The predicted octanol–water partition coefficient (Wildman–Crippen LogP) is 1.98. The molecule has 0 fully saturated rings. The summed E-state index contributed by atoms with van der Waals surface area (Å²) in [7, 11) is 3.42. The second-order valence-electron chi connectivity index (χ2n) is 3.48. The molecule has 0 aliphatic carbocycles. The number of ether oxygens (including phenoxy) is 1. The summed E-state index contributed by atoms with van der Waals surface area (Å²) in [6.07, 6.45) is 0. The minimum atomic E-state index is -0.354. The molecule has 0 saturated carbocycles. The second kappa shape index (κ2) is 4.37. The first kappa shape index (κ1) is 10.7. The zero-order chi connectivity index (χ0) is 11.5. The van der Waals surface area contributed by atoms with E-state index < -0.39 is 0 Å². The summed E-state index contributed by atoms with van der Waals surface area (Å²) in [6.45, 7) is 0.404. The van der Waals surface area contributed by atoms with Crippen LogP contribution >= 0.6 is 0 Å². The van der Waals surface area contributed by atoms with Gasteiger partial charge in [0.15, 0.2) is 0 Å². The number of nitrogens with one attached hydrogen (secondary N) is 1. The quantitative estimate of drug-likeness (QED) is 0.802. The summed E-state index contributed by atoms with van der Waals surface area (Å²) in [5.41, 5.74) is 1.97. The highest BCUT2D eigenvalue weighted by molar-refractivity contribution is 5.83. The fourth-order valence-electron chi connectivity index (χ4n) is 1.66. The van der Waals surface area contributed by atoms with Gasteiger partial charge in [0.25, 0.3) is 0 Å². The second-order valence-corrected chi connectivity index (χ2v) is 3.48. The molecule has 4 nitrogen and oxygen atoms in total. The highest BCUT2D eigenvalue weighted by atomic mass is 16.5. The van der Waals surface area contributed by atoms with E-state index in [-0.39, 0.29) is 5.63 Å². The molecule has 16 heavy (non-hydrogen) atoms. The van der Waals surface area contributed by atoms with Gasteiger partial charge in [-0.05, 0) is 17.7 Å². The Balaban J connectivity index is 2.68. The van der Waals surface area contributed by atoms with Crippen LogP contribution in [0.4, 0.5) is 5.69 Å². The minimum absolute atomic E-state index is 0.354. The molecule has 0 aliphatic heterocycles. The Morgan fingerprint density at radius 1 is 1.38 bits per heavy atom. The third kappa shape index (κ3) is 1.92. The molecule has 1 heterocycles. The van der Waals surface area contributed by atoms with E-state index in [4.69, 9.17) is 9.15 Å². The molecule has 0 aliphatic rings. The summed E-state index contributed by atoms with van der Waals surface area (Å²) in [4.78, 5) is 11.3. The van der Waals surface area contributed by atoms with Crippen LogP contribution in [0.5, 0.6) is 0 Å². The molecular weight excluding hydrogens is 206 g/mol. The van der Waals surface area contributed by atoms with Gasteiger partial charge in [-0.3, -0.25) is 0 Å². The Labute approximate surface area is 92.8 Å². The molecule has 0 atom stereocenters. The normalized spacial score (nSPS) is 10.6. The number of benzene rings is 1. The Kier molecular flexibility index (Phi) is 2.92. The average Bonchev–Trinajstić information content (AvgIpc) is 2.28. The van der Waals surface area contributed by atoms with Gasteiger partial charge in [0.1, 0.15) is 5.58 Å². The molecule has 2 rings (SSSR count). The van der Waals surface area contributed by atoms with E-state index in [9.17, 15) is 4.79 Å². The van der Waals surface area contributed by atoms with Gasteiger partial charge in [-0.1, -0.05) is 0 Å². The maximum absolute atomic E-state index is 11.3. The molecule has 0 saturated heterocycles. The van der Waals surface area contributed by atoms with Crippen LogP contribution in [0.1, 0.15) is 5.56 Å². The van der Waals surface area contributed by atoms with Crippen LogP contribution in [-0.2, 0) is 11.3 Å². The largest absolute Gasteiger partial charge is 0.423 e. The van der Waals surface area contributed by atoms with Crippen molar-refractivity contribution in [3.05, 3.63) is 40.2 Å². The number of anilines is 1. The Bertz CT molecular complexity index is 560. The molecule has 1 aromatic heterocycles. The molecule has 0 bridgehead atoms. The van der Waals surface area contributed by atoms with E-state index in [2.05, 4.69) is 5.32 Å². The van der Waals surface area contributed by atoms with Crippen molar-refractivity contribution in [2.24, 2.45) is 0 Å².